The fourth-order valence-electron chi connectivity index (χ4n) is 5.24. The summed E-state index contributed by atoms with van der Waals surface area (Å²) in [5, 5.41) is 21.7. The second-order valence-electron chi connectivity index (χ2n) is 9.11. The van der Waals surface area contributed by atoms with Crippen LogP contribution in [0.5, 0.6) is 0 Å². The van der Waals surface area contributed by atoms with Gasteiger partial charge in [-0.25, -0.2) is 0 Å². The van der Waals surface area contributed by atoms with Gasteiger partial charge in [0.2, 0.25) is 0 Å². The molecule has 0 fully saturated rings. The quantitative estimate of drug-likeness (QED) is 0.236. The van der Waals surface area contributed by atoms with E-state index in [0.29, 0.717) is 19.4 Å². The van der Waals surface area contributed by atoms with Crippen LogP contribution in [0.4, 0.5) is 0 Å². The number of benzene rings is 4. The first-order chi connectivity index (χ1) is 16.1. The third-order valence-electron chi connectivity index (χ3n) is 7.38. The minimum absolute atomic E-state index is 0.0653. The van der Waals surface area contributed by atoms with E-state index in [9.17, 15) is 5.11 Å². The molecule has 3 nitrogen and oxygen atoms in total. The molecule has 4 aromatic carbocycles. The topological polar surface area (TPSA) is 48.0 Å². The lowest BCUT2D eigenvalue weighted by molar-refractivity contribution is -0.00639. The van der Waals surface area contributed by atoms with E-state index in [1.165, 1.54) is 38.1 Å². The molecular formula is C30H32N2O. The highest BCUT2D eigenvalue weighted by molar-refractivity contribution is 6.02. The normalized spacial score (nSPS) is 13.2. The summed E-state index contributed by atoms with van der Waals surface area (Å²) < 4.78 is 0. The molecule has 168 valence electrons. The van der Waals surface area contributed by atoms with Gasteiger partial charge in [0.1, 0.15) is 0 Å². The molecule has 0 radical (unpaired) electrons. The molecule has 0 aliphatic rings. The smallest absolute Gasteiger partial charge is 0.0798 e. The number of hydrogen-bond acceptors (Lipinski definition) is 2. The molecule has 5 aromatic rings. The van der Waals surface area contributed by atoms with Gasteiger partial charge in [-0.1, -0.05) is 80.6 Å². The predicted molar refractivity (Wildman–Crippen MR) is 140 cm³/mol. The Morgan fingerprint density at radius 2 is 1.39 bits per heavy atom. The first-order valence-electron chi connectivity index (χ1n) is 12.0. The van der Waals surface area contributed by atoms with Crippen LogP contribution in [0.1, 0.15) is 37.8 Å². The standard InChI is InChI=1S/C30H32N2O/c1-3-30(33,4-2)29(18-23-19-31-28-16-10-9-15-26(23)28)32-20-27-24-13-7-5-11-21(24)17-22-12-6-8-14-25(22)27/h5-17,19,29,31-33H,3-4,18,20H2,1-2H3/t29-/m0/s1. The van der Waals surface area contributed by atoms with Crippen molar-refractivity contribution in [3.63, 3.8) is 0 Å². The summed E-state index contributed by atoms with van der Waals surface area (Å²) >= 11 is 0. The third-order valence-corrected chi connectivity index (χ3v) is 7.38. The monoisotopic (exact) mass is 436 g/mol. The van der Waals surface area contributed by atoms with Crippen molar-refractivity contribution in [3.05, 3.63) is 96.2 Å². The van der Waals surface area contributed by atoms with E-state index >= 15 is 0 Å². The summed E-state index contributed by atoms with van der Waals surface area (Å²) in [7, 11) is 0. The molecule has 0 unspecified atom stereocenters. The molecule has 33 heavy (non-hydrogen) atoms. The number of hydrogen-bond donors (Lipinski definition) is 3. The summed E-state index contributed by atoms with van der Waals surface area (Å²) in [6.07, 6.45) is 4.28. The number of fused-ring (bicyclic) bond motifs is 3. The van der Waals surface area contributed by atoms with Crippen LogP contribution in [0.25, 0.3) is 32.4 Å². The minimum atomic E-state index is -0.779. The molecule has 1 aromatic heterocycles. The molecule has 0 saturated carbocycles. The lowest BCUT2D eigenvalue weighted by atomic mass is 9.84. The van der Waals surface area contributed by atoms with Gasteiger partial charge < -0.3 is 15.4 Å². The molecule has 1 heterocycles. The van der Waals surface area contributed by atoms with Crippen LogP contribution in [-0.2, 0) is 13.0 Å². The summed E-state index contributed by atoms with van der Waals surface area (Å²) in [6.45, 7) is 4.87. The summed E-state index contributed by atoms with van der Waals surface area (Å²) in [5.41, 5.74) is 2.90. The van der Waals surface area contributed by atoms with Crippen LogP contribution in [0.3, 0.4) is 0 Å². The van der Waals surface area contributed by atoms with E-state index in [-0.39, 0.29) is 6.04 Å². The van der Waals surface area contributed by atoms with Crippen molar-refractivity contribution in [2.45, 2.75) is 51.3 Å². The van der Waals surface area contributed by atoms with Crippen LogP contribution in [0, 0.1) is 0 Å². The lowest BCUT2D eigenvalue weighted by Crippen LogP contribution is -2.51. The van der Waals surface area contributed by atoms with Gasteiger partial charge in [0, 0.05) is 29.7 Å². The molecular weight excluding hydrogens is 404 g/mol. The Labute approximate surface area is 195 Å². The zero-order valence-corrected chi connectivity index (χ0v) is 19.4. The molecule has 0 amide bonds. The second kappa shape index (κ2) is 9.01. The first-order valence-corrected chi connectivity index (χ1v) is 12.0. The van der Waals surface area contributed by atoms with Gasteiger partial charge in [0.05, 0.1) is 5.60 Å². The fourth-order valence-corrected chi connectivity index (χ4v) is 5.24. The van der Waals surface area contributed by atoms with Gasteiger partial charge in [-0.05, 0) is 64.1 Å². The van der Waals surface area contributed by atoms with Crippen molar-refractivity contribution >= 4 is 32.4 Å². The maximum Gasteiger partial charge on any atom is 0.0798 e. The van der Waals surface area contributed by atoms with E-state index in [0.717, 1.165) is 11.9 Å². The number of nitrogens with one attached hydrogen (secondary N) is 2. The maximum atomic E-state index is 11.6. The highest BCUT2D eigenvalue weighted by atomic mass is 16.3. The van der Waals surface area contributed by atoms with Crippen LogP contribution < -0.4 is 5.32 Å². The molecule has 0 spiro atoms. The van der Waals surface area contributed by atoms with Crippen molar-refractivity contribution in [1.29, 1.82) is 0 Å². The Morgan fingerprint density at radius 3 is 2.03 bits per heavy atom. The second-order valence-corrected chi connectivity index (χ2v) is 9.11. The minimum Gasteiger partial charge on any atom is -0.388 e. The van der Waals surface area contributed by atoms with Gasteiger partial charge in [-0.15, -0.1) is 0 Å². The van der Waals surface area contributed by atoms with Crippen LogP contribution in [0.2, 0.25) is 0 Å². The van der Waals surface area contributed by atoms with Crippen molar-refractivity contribution in [2.24, 2.45) is 0 Å². The average Bonchev–Trinajstić information content (AvgIpc) is 3.28. The Morgan fingerprint density at radius 1 is 0.818 bits per heavy atom. The van der Waals surface area contributed by atoms with Crippen LogP contribution >= 0.6 is 0 Å². The van der Waals surface area contributed by atoms with E-state index in [1.807, 2.05) is 0 Å². The molecule has 0 saturated heterocycles. The third kappa shape index (κ3) is 4.03. The maximum absolute atomic E-state index is 11.6. The highest BCUT2D eigenvalue weighted by Crippen LogP contribution is 2.30. The van der Waals surface area contributed by atoms with Gasteiger partial charge in [-0.3, -0.25) is 0 Å². The zero-order chi connectivity index (χ0) is 22.8. The summed E-state index contributed by atoms with van der Waals surface area (Å²) in [4.78, 5) is 3.39. The van der Waals surface area contributed by atoms with Crippen molar-refractivity contribution in [1.82, 2.24) is 10.3 Å². The first kappa shape index (κ1) is 21.7. The van der Waals surface area contributed by atoms with Crippen LogP contribution in [0.15, 0.2) is 85.1 Å². The van der Waals surface area contributed by atoms with Gasteiger partial charge >= 0.3 is 0 Å². The molecule has 0 aliphatic carbocycles. The zero-order valence-electron chi connectivity index (χ0n) is 19.4. The molecule has 1 atom stereocenters. The number of H-pyrrole nitrogens is 1. The van der Waals surface area contributed by atoms with E-state index in [4.69, 9.17) is 0 Å². The largest absolute Gasteiger partial charge is 0.388 e. The molecule has 5 rings (SSSR count). The number of aliphatic hydroxyl groups is 1. The number of aromatic nitrogens is 1. The summed E-state index contributed by atoms with van der Waals surface area (Å²) in [5.74, 6) is 0. The van der Waals surface area contributed by atoms with Crippen molar-refractivity contribution < 1.29 is 5.11 Å². The molecule has 0 aliphatic heterocycles. The van der Waals surface area contributed by atoms with Gasteiger partial charge in [-0.2, -0.15) is 0 Å². The predicted octanol–water partition coefficient (Wildman–Crippen LogP) is 6.73. The van der Waals surface area contributed by atoms with Crippen molar-refractivity contribution in [2.75, 3.05) is 0 Å². The van der Waals surface area contributed by atoms with Crippen LogP contribution in [-0.4, -0.2) is 21.7 Å². The average molecular weight is 437 g/mol. The number of para-hydroxylation sites is 1. The summed E-state index contributed by atoms with van der Waals surface area (Å²) in [6, 6.07) is 27.8. The van der Waals surface area contributed by atoms with E-state index < -0.39 is 5.60 Å². The van der Waals surface area contributed by atoms with Gasteiger partial charge in [0.25, 0.3) is 0 Å². The molecule has 0 bridgehead atoms. The lowest BCUT2D eigenvalue weighted by Gasteiger charge is -2.36. The Bertz CT molecular complexity index is 1340. The van der Waals surface area contributed by atoms with E-state index in [2.05, 4.69) is 109 Å². The number of rotatable bonds is 8. The van der Waals surface area contributed by atoms with Crippen molar-refractivity contribution in [3.8, 4) is 0 Å². The fraction of sp³-hybridized carbons (Fsp3) is 0.267. The van der Waals surface area contributed by atoms with Gasteiger partial charge in [0.15, 0.2) is 0 Å². The highest BCUT2D eigenvalue weighted by Gasteiger charge is 2.33. The Kier molecular flexibility index (Phi) is 5.92. The Balaban J connectivity index is 1.53. The molecule has 3 N–H and O–H groups in total. The molecule has 3 heteroatoms. The van der Waals surface area contributed by atoms with E-state index in [1.54, 1.807) is 0 Å². The SMILES string of the molecule is CCC(O)(CC)[C@H](Cc1c[nH]c2ccccc12)NCc1c2ccccc2cc2ccccc12. The Hall–Kier alpha value is -3.14. The number of aromatic amines is 1.